The largest absolute Gasteiger partial charge is 0.207 e. The first kappa shape index (κ1) is 12.4. The molecular formula is C13H12FNS. The smallest absolute Gasteiger partial charge is 0.126 e. The average Bonchev–Trinajstić information content (AvgIpc) is 2.75. The Morgan fingerprint density at radius 1 is 1.25 bits per heavy atom. The normalized spacial score (nSPS) is 8.81. The fourth-order valence-electron chi connectivity index (χ4n) is 1.24. The van der Waals surface area contributed by atoms with Gasteiger partial charge in [0.25, 0.3) is 0 Å². The molecule has 1 nitrogen and oxygen atoms in total. The molecule has 0 atom stereocenters. The molecule has 0 fully saturated rings. The Kier molecular flexibility index (Phi) is 5.24. The van der Waals surface area contributed by atoms with Crippen molar-refractivity contribution in [3.8, 4) is 6.07 Å². The number of halogens is 1. The minimum Gasteiger partial charge on any atom is -0.207 e. The van der Waals surface area contributed by atoms with E-state index < -0.39 is 0 Å². The molecule has 0 aliphatic heterocycles. The van der Waals surface area contributed by atoms with Crippen molar-refractivity contribution in [2.75, 3.05) is 0 Å². The van der Waals surface area contributed by atoms with Gasteiger partial charge in [-0.1, -0.05) is 24.3 Å². The molecule has 2 rings (SSSR count). The molecule has 0 bridgehead atoms. The van der Waals surface area contributed by atoms with E-state index >= 15 is 0 Å². The molecule has 3 heteroatoms. The highest BCUT2D eigenvalue weighted by Crippen LogP contribution is 2.16. The van der Waals surface area contributed by atoms with Gasteiger partial charge >= 0.3 is 0 Å². The summed E-state index contributed by atoms with van der Waals surface area (Å²) >= 11 is 1.66. The van der Waals surface area contributed by atoms with Gasteiger partial charge in [-0.3, -0.25) is 0 Å². The van der Waals surface area contributed by atoms with Gasteiger partial charge < -0.3 is 0 Å². The van der Waals surface area contributed by atoms with Crippen molar-refractivity contribution < 1.29 is 4.39 Å². The van der Waals surface area contributed by atoms with Gasteiger partial charge in [-0.25, -0.2) is 4.39 Å². The molecule has 1 aromatic carbocycles. The van der Waals surface area contributed by atoms with Gasteiger partial charge in [0.05, 0.1) is 6.07 Å². The first-order valence-electron chi connectivity index (χ1n) is 4.84. The number of hydrogen-bond acceptors (Lipinski definition) is 2. The van der Waals surface area contributed by atoms with Gasteiger partial charge in [0, 0.05) is 18.2 Å². The molecule has 0 amide bonds. The van der Waals surface area contributed by atoms with Crippen molar-refractivity contribution in [2.24, 2.45) is 0 Å². The van der Waals surface area contributed by atoms with Gasteiger partial charge in [0.1, 0.15) is 5.82 Å². The number of nitrogens with zero attached hydrogens (tertiary/aromatic N) is 1. The number of thiophene rings is 1. The molecule has 0 unspecified atom stereocenters. The lowest BCUT2D eigenvalue weighted by atomic mass is 10.1. The maximum atomic E-state index is 13.2. The van der Waals surface area contributed by atoms with Gasteiger partial charge in [-0.2, -0.15) is 5.26 Å². The standard InChI is InChI=1S/C11H9FS.C2H3N/c12-11-6-2-1-4-9(11)8-10-5-3-7-13-10;1-2-3/h1-7H,8H2;1H3. The minimum absolute atomic E-state index is 0.115. The topological polar surface area (TPSA) is 23.8 Å². The lowest BCUT2D eigenvalue weighted by Gasteiger charge is -1.99. The number of nitriles is 1. The van der Waals surface area contributed by atoms with Crippen LogP contribution in [0.15, 0.2) is 41.8 Å². The Morgan fingerprint density at radius 2 is 1.94 bits per heavy atom. The Bertz CT molecular complexity index is 457. The predicted molar refractivity (Wildman–Crippen MR) is 64.8 cm³/mol. The molecule has 1 aromatic heterocycles. The van der Waals surface area contributed by atoms with Crippen molar-refractivity contribution in [3.63, 3.8) is 0 Å². The van der Waals surface area contributed by atoms with Crippen molar-refractivity contribution in [2.45, 2.75) is 13.3 Å². The summed E-state index contributed by atoms with van der Waals surface area (Å²) in [6.45, 7) is 1.43. The minimum atomic E-state index is -0.115. The second-order valence-electron chi connectivity index (χ2n) is 3.07. The summed E-state index contributed by atoms with van der Waals surface area (Å²) in [5, 5.41) is 9.33. The molecule has 0 spiro atoms. The summed E-state index contributed by atoms with van der Waals surface area (Å²) < 4.78 is 13.2. The lowest BCUT2D eigenvalue weighted by molar-refractivity contribution is 0.614. The van der Waals surface area contributed by atoms with Crippen LogP contribution in [0.3, 0.4) is 0 Å². The lowest BCUT2D eigenvalue weighted by Crippen LogP contribution is -1.88. The monoisotopic (exact) mass is 233 g/mol. The van der Waals surface area contributed by atoms with E-state index in [-0.39, 0.29) is 5.82 Å². The Morgan fingerprint density at radius 3 is 2.50 bits per heavy atom. The fourth-order valence-corrected chi connectivity index (χ4v) is 1.97. The number of benzene rings is 1. The van der Waals surface area contributed by atoms with E-state index in [0.717, 1.165) is 5.56 Å². The van der Waals surface area contributed by atoms with E-state index in [2.05, 4.69) is 0 Å². The van der Waals surface area contributed by atoms with E-state index in [9.17, 15) is 4.39 Å². The highest BCUT2D eigenvalue weighted by Gasteiger charge is 2.01. The molecule has 2 aromatic rings. The summed E-state index contributed by atoms with van der Waals surface area (Å²) in [5.41, 5.74) is 0.768. The molecule has 0 saturated heterocycles. The zero-order valence-electron chi connectivity index (χ0n) is 8.98. The van der Waals surface area contributed by atoms with Crippen LogP contribution in [0, 0.1) is 17.1 Å². The third-order valence-corrected chi connectivity index (χ3v) is 2.78. The van der Waals surface area contributed by atoms with Gasteiger partial charge in [0.2, 0.25) is 0 Å². The zero-order chi connectivity index (χ0) is 11.8. The van der Waals surface area contributed by atoms with E-state index in [1.807, 2.05) is 29.6 Å². The highest BCUT2D eigenvalue weighted by molar-refractivity contribution is 7.09. The molecule has 1 heterocycles. The molecule has 82 valence electrons. The molecule has 0 saturated carbocycles. The molecular weight excluding hydrogens is 221 g/mol. The maximum absolute atomic E-state index is 13.2. The van der Waals surface area contributed by atoms with Crippen LogP contribution in [-0.4, -0.2) is 0 Å². The molecule has 16 heavy (non-hydrogen) atoms. The first-order valence-corrected chi connectivity index (χ1v) is 5.72. The maximum Gasteiger partial charge on any atom is 0.126 e. The zero-order valence-corrected chi connectivity index (χ0v) is 9.80. The van der Waals surface area contributed by atoms with Gasteiger partial charge in [-0.05, 0) is 23.1 Å². The van der Waals surface area contributed by atoms with Crippen LogP contribution in [0.1, 0.15) is 17.4 Å². The van der Waals surface area contributed by atoms with Crippen LogP contribution in [0.2, 0.25) is 0 Å². The Balaban J connectivity index is 0.000000386. The van der Waals surface area contributed by atoms with Crippen molar-refractivity contribution in [3.05, 3.63) is 58.0 Å². The van der Waals surface area contributed by atoms with E-state index in [1.54, 1.807) is 23.5 Å². The number of hydrogen-bond donors (Lipinski definition) is 0. The quantitative estimate of drug-likeness (QED) is 0.769. The highest BCUT2D eigenvalue weighted by atomic mass is 32.1. The Hall–Kier alpha value is -1.66. The van der Waals surface area contributed by atoms with E-state index in [1.165, 1.54) is 17.9 Å². The SMILES string of the molecule is CC#N.Fc1ccccc1Cc1cccs1. The summed E-state index contributed by atoms with van der Waals surface area (Å²) in [7, 11) is 0. The van der Waals surface area contributed by atoms with Crippen LogP contribution >= 0.6 is 11.3 Å². The summed E-state index contributed by atoms with van der Waals surface area (Å²) in [4.78, 5) is 1.20. The first-order chi connectivity index (χ1) is 7.77. The predicted octanol–water partition coefficient (Wildman–Crippen LogP) is 4.01. The van der Waals surface area contributed by atoms with E-state index in [4.69, 9.17) is 5.26 Å². The van der Waals surface area contributed by atoms with Gasteiger partial charge in [-0.15, -0.1) is 11.3 Å². The van der Waals surface area contributed by atoms with Crippen molar-refractivity contribution in [1.82, 2.24) is 0 Å². The van der Waals surface area contributed by atoms with E-state index in [0.29, 0.717) is 6.42 Å². The van der Waals surface area contributed by atoms with Crippen LogP contribution in [0.5, 0.6) is 0 Å². The average molecular weight is 233 g/mol. The third kappa shape index (κ3) is 3.84. The molecule has 0 aliphatic carbocycles. The van der Waals surface area contributed by atoms with Crippen LogP contribution in [0.4, 0.5) is 4.39 Å². The fraction of sp³-hybridized carbons (Fsp3) is 0.154. The Labute approximate surface area is 98.8 Å². The van der Waals surface area contributed by atoms with Crippen molar-refractivity contribution >= 4 is 11.3 Å². The van der Waals surface area contributed by atoms with Crippen LogP contribution in [0.25, 0.3) is 0 Å². The van der Waals surface area contributed by atoms with Crippen LogP contribution in [-0.2, 0) is 6.42 Å². The third-order valence-electron chi connectivity index (χ3n) is 1.90. The second-order valence-corrected chi connectivity index (χ2v) is 4.10. The van der Waals surface area contributed by atoms with Gasteiger partial charge in [0.15, 0.2) is 0 Å². The summed E-state index contributed by atoms with van der Waals surface area (Å²) in [5.74, 6) is -0.115. The molecule has 0 aliphatic rings. The summed E-state index contributed by atoms with van der Waals surface area (Å²) in [6, 6.07) is 12.7. The number of rotatable bonds is 2. The molecule has 0 N–H and O–H groups in total. The van der Waals surface area contributed by atoms with Crippen molar-refractivity contribution in [1.29, 1.82) is 5.26 Å². The summed E-state index contributed by atoms with van der Waals surface area (Å²) in [6.07, 6.45) is 0.699. The van der Waals surface area contributed by atoms with Crippen LogP contribution < -0.4 is 0 Å². The second kappa shape index (κ2) is 6.76. The molecule has 0 radical (unpaired) electrons.